The summed E-state index contributed by atoms with van der Waals surface area (Å²) in [5.41, 5.74) is 5.51. The van der Waals surface area contributed by atoms with Gasteiger partial charge in [-0.2, -0.15) is 0 Å². The number of amides is 1. The number of ether oxygens (including phenoxy) is 1. The summed E-state index contributed by atoms with van der Waals surface area (Å²) in [7, 11) is 0. The van der Waals surface area contributed by atoms with E-state index in [0.717, 1.165) is 58.7 Å². The van der Waals surface area contributed by atoms with E-state index >= 15 is 0 Å². The first-order valence-electron chi connectivity index (χ1n) is 11.2. The molecule has 1 unspecified atom stereocenters. The number of nitrogens with zero attached hydrogens (tertiary/aromatic N) is 3. The smallest absolute Gasteiger partial charge is 0.251 e. The van der Waals surface area contributed by atoms with Gasteiger partial charge in [-0.05, 0) is 67.6 Å². The van der Waals surface area contributed by atoms with Crippen LogP contribution in [0.2, 0.25) is 0 Å². The van der Waals surface area contributed by atoms with Crippen molar-refractivity contribution in [3.63, 3.8) is 0 Å². The normalized spacial score (nSPS) is 17.8. The minimum Gasteiger partial charge on any atom is -0.493 e. The molecule has 1 amide bonds. The van der Waals surface area contributed by atoms with Crippen molar-refractivity contribution in [2.45, 2.75) is 37.6 Å². The fourth-order valence-electron chi connectivity index (χ4n) is 4.41. The highest BCUT2D eigenvalue weighted by Gasteiger charge is 2.26. The van der Waals surface area contributed by atoms with Crippen LogP contribution in [0.3, 0.4) is 0 Å². The summed E-state index contributed by atoms with van der Waals surface area (Å²) < 4.78 is 6.75. The maximum atomic E-state index is 12.6. The van der Waals surface area contributed by atoms with Crippen molar-refractivity contribution in [3.8, 4) is 17.0 Å². The molecule has 0 saturated heterocycles. The van der Waals surface area contributed by atoms with E-state index in [-0.39, 0.29) is 11.8 Å². The molecule has 6 rings (SSSR count). The molecular formula is C25H22IN5O2. The van der Waals surface area contributed by atoms with Gasteiger partial charge in [0, 0.05) is 46.0 Å². The van der Waals surface area contributed by atoms with Gasteiger partial charge in [-0.3, -0.25) is 4.79 Å². The quantitative estimate of drug-likeness (QED) is 0.285. The number of benzene rings is 2. The topological polar surface area (TPSA) is 92.8 Å². The van der Waals surface area contributed by atoms with Gasteiger partial charge in [0.15, 0.2) is 3.83 Å². The molecule has 8 heteroatoms. The van der Waals surface area contributed by atoms with Gasteiger partial charge >= 0.3 is 0 Å². The molecule has 0 bridgehead atoms. The van der Waals surface area contributed by atoms with Crippen LogP contribution in [0.1, 0.15) is 46.9 Å². The Hall–Kier alpha value is -3.01. The zero-order valence-corrected chi connectivity index (χ0v) is 20.0. The first kappa shape index (κ1) is 20.6. The van der Waals surface area contributed by atoms with Crippen LogP contribution in [-0.4, -0.2) is 38.5 Å². The Kier molecular flexibility index (Phi) is 5.24. The summed E-state index contributed by atoms with van der Waals surface area (Å²) in [6.45, 7) is 0.553. The van der Waals surface area contributed by atoms with Crippen LogP contribution in [0, 0.1) is 3.83 Å². The van der Waals surface area contributed by atoms with Crippen LogP contribution in [0.15, 0.2) is 48.7 Å². The number of hydrogen-bond acceptors (Lipinski definition) is 5. The second-order valence-corrected chi connectivity index (χ2v) is 9.67. The molecule has 7 nitrogen and oxygen atoms in total. The Morgan fingerprint density at radius 3 is 2.85 bits per heavy atom. The van der Waals surface area contributed by atoms with Crippen LogP contribution in [0.25, 0.3) is 22.3 Å². The van der Waals surface area contributed by atoms with Crippen molar-refractivity contribution >= 4 is 39.5 Å². The molecule has 4 aromatic rings. The Morgan fingerprint density at radius 2 is 2.03 bits per heavy atom. The van der Waals surface area contributed by atoms with Crippen molar-refractivity contribution in [1.82, 2.24) is 25.3 Å². The highest BCUT2D eigenvalue weighted by Crippen LogP contribution is 2.33. The second-order valence-electron chi connectivity index (χ2n) is 8.70. The number of halogens is 1. The number of imidazole rings is 1. The van der Waals surface area contributed by atoms with E-state index in [0.29, 0.717) is 22.0 Å². The zero-order chi connectivity index (χ0) is 22.4. The monoisotopic (exact) mass is 551 g/mol. The van der Waals surface area contributed by atoms with Gasteiger partial charge in [0.1, 0.15) is 11.6 Å². The van der Waals surface area contributed by atoms with E-state index in [2.05, 4.69) is 42.9 Å². The zero-order valence-electron chi connectivity index (χ0n) is 17.8. The van der Waals surface area contributed by atoms with Crippen LogP contribution in [0.5, 0.6) is 5.75 Å². The maximum Gasteiger partial charge on any atom is 0.251 e. The van der Waals surface area contributed by atoms with Gasteiger partial charge in [0.2, 0.25) is 0 Å². The molecular weight excluding hydrogens is 529 g/mol. The highest BCUT2D eigenvalue weighted by molar-refractivity contribution is 14.1. The Bertz CT molecular complexity index is 1360. The summed E-state index contributed by atoms with van der Waals surface area (Å²) in [4.78, 5) is 29.6. The third kappa shape index (κ3) is 4.07. The number of nitrogens with one attached hydrogen (secondary N) is 2. The number of fused-ring (bicyclic) bond motifs is 2. The minimum absolute atomic E-state index is 0.000252. The molecule has 166 valence electrons. The lowest BCUT2D eigenvalue weighted by atomic mass is 9.92. The SMILES string of the molecule is O=C(NC1CCC1)c1ccc2c(c1)CC(c1nc3cc(-c4ccnc(I)n4)ccc3[nH]1)CO2. The average Bonchev–Trinajstić information content (AvgIpc) is 3.24. The molecule has 1 fully saturated rings. The molecule has 1 atom stereocenters. The van der Waals surface area contributed by atoms with E-state index in [1.807, 2.05) is 42.5 Å². The summed E-state index contributed by atoms with van der Waals surface area (Å²) >= 11 is 2.12. The molecule has 1 saturated carbocycles. The van der Waals surface area contributed by atoms with Gasteiger partial charge in [-0.15, -0.1) is 0 Å². The molecule has 0 radical (unpaired) electrons. The number of carbonyl (C=O) groups excluding carboxylic acids is 1. The summed E-state index contributed by atoms with van der Waals surface area (Å²) in [5, 5.41) is 3.11. The summed E-state index contributed by atoms with van der Waals surface area (Å²) in [6.07, 6.45) is 5.89. The van der Waals surface area contributed by atoms with Crippen molar-refractivity contribution in [1.29, 1.82) is 0 Å². The summed E-state index contributed by atoms with van der Waals surface area (Å²) in [5.74, 6) is 1.84. The van der Waals surface area contributed by atoms with Gasteiger partial charge in [-0.25, -0.2) is 15.0 Å². The lowest BCUT2D eigenvalue weighted by molar-refractivity contribution is 0.0916. The van der Waals surface area contributed by atoms with Crippen molar-refractivity contribution < 1.29 is 9.53 Å². The third-order valence-corrected chi connectivity index (χ3v) is 7.00. The number of carbonyl (C=O) groups is 1. The first-order chi connectivity index (χ1) is 16.1. The fourth-order valence-corrected chi connectivity index (χ4v) is 4.83. The molecule has 2 N–H and O–H groups in total. The van der Waals surface area contributed by atoms with Gasteiger partial charge < -0.3 is 15.0 Å². The lowest BCUT2D eigenvalue weighted by Gasteiger charge is -2.27. The van der Waals surface area contributed by atoms with Gasteiger partial charge in [-0.1, -0.05) is 6.07 Å². The number of H-pyrrole nitrogens is 1. The van der Waals surface area contributed by atoms with E-state index in [9.17, 15) is 4.79 Å². The van der Waals surface area contributed by atoms with Crippen LogP contribution < -0.4 is 10.1 Å². The number of hydrogen-bond donors (Lipinski definition) is 2. The standard InChI is InChI=1S/C25H22IN5O2/c26-25-27-9-8-19(31-25)14-4-6-20-21(12-14)30-23(29-20)17-11-16-10-15(5-7-22(16)33-13-17)24(32)28-18-2-1-3-18/h4-10,12,17-18H,1-3,11,13H2,(H,28,32)(H,29,30). The maximum absolute atomic E-state index is 12.6. The second kappa shape index (κ2) is 8.40. The van der Waals surface area contributed by atoms with Crippen molar-refractivity contribution in [2.24, 2.45) is 0 Å². The first-order valence-corrected chi connectivity index (χ1v) is 12.3. The number of aromatic amines is 1. The molecule has 2 aromatic carbocycles. The Morgan fingerprint density at radius 1 is 1.12 bits per heavy atom. The molecule has 3 heterocycles. The molecule has 33 heavy (non-hydrogen) atoms. The lowest BCUT2D eigenvalue weighted by Crippen LogP contribution is -2.39. The fraction of sp³-hybridized carbons (Fsp3) is 0.280. The molecule has 2 aliphatic rings. The van der Waals surface area contributed by atoms with Gasteiger partial charge in [0.05, 0.1) is 29.3 Å². The highest BCUT2D eigenvalue weighted by atomic mass is 127. The van der Waals surface area contributed by atoms with Gasteiger partial charge in [0.25, 0.3) is 5.91 Å². The summed E-state index contributed by atoms with van der Waals surface area (Å²) in [6, 6.07) is 14.1. The predicted molar refractivity (Wildman–Crippen MR) is 133 cm³/mol. The molecule has 1 aliphatic heterocycles. The van der Waals surface area contributed by atoms with E-state index in [4.69, 9.17) is 9.72 Å². The van der Waals surface area contributed by atoms with E-state index in [1.165, 1.54) is 6.42 Å². The van der Waals surface area contributed by atoms with Crippen molar-refractivity contribution in [2.75, 3.05) is 6.61 Å². The molecule has 1 aliphatic carbocycles. The third-order valence-electron chi connectivity index (χ3n) is 6.48. The van der Waals surface area contributed by atoms with Crippen molar-refractivity contribution in [3.05, 3.63) is 69.4 Å². The molecule has 2 aromatic heterocycles. The Labute approximate surface area is 204 Å². The average molecular weight is 551 g/mol. The van der Waals surface area contributed by atoms with Crippen LogP contribution in [-0.2, 0) is 6.42 Å². The van der Waals surface area contributed by atoms with Crippen LogP contribution in [0.4, 0.5) is 0 Å². The molecule has 0 spiro atoms. The number of aromatic nitrogens is 4. The number of rotatable bonds is 4. The van der Waals surface area contributed by atoms with Crippen LogP contribution >= 0.6 is 22.6 Å². The van der Waals surface area contributed by atoms with E-state index in [1.54, 1.807) is 6.20 Å². The minimum atomic E-state index is 0.000252. The predicted octanol–water partition coefficient (Wildman–Crippen LogP) is 4.63. The largest absolute Gasteiger partial charge is 0.493 e. The Balaban J connectivity index is 1.24. The van der Waals surface area contributed by atoms with E-state index < -0.39 is 0 Å².